The van der Waals surface area contributed by atoms with E-state index < -0.39 is 11.4 Å². The fraction of sp³-hybridized carbons (Fsp3) is 0.529. The van der Waals surface area contributed by atoms with Gasteiger partial charge in [-0.1, -0.05) is 45.9 Å². The van der Waals surface area contributed by atoms with E-state index in [4.69, 9.17) is 4.74 Å². The third-order valence-electron chi connectivity index (χ3n) is 4.23. The molecule has 0 heterocycles. The Morgan fingerprint density at radius 1 is 1.05 bits per heavy atom. The average Bonchev–Trinajstić information content (AvgIpc) is 2.37. The molecular formula is C17H24O4. The van der Waals surface area contributed by atoms with Gasteiger partial charge in [-0.3, -0.25) is 9.59 Å². The fourth-order valence-electron chi connectivity index (χ4n) is 2.75. The van der Waals surface area contributed by atoms with Gasteiger partial charge in [-0.25, -0.2) is 0 Å². The first kappa shape index (κ1) is 17.2. The predicted octanol–water partition coefficient (Wildman–Crippen LogP) is 3.76. The molecule has 1 aromatic carbocycles. The molecule has 0 unspecified atom stereocenters. The molecule has 1 rings (SSSR count). The first-order valence-corrected chi connectivity index (χ1v) is 7.25. The van der Waals surface area contributed by atoms with Gasteiger partial charge in [0.25, 0.3) is 0 Å². The molecule has 0 spiro atoms. The molecular weight excluding hydrogens is 268 g/mol. The molecule has 116 valence electrons. The summed E-state index contributed by atoms with van der Waals surface area (Å²) >= 11 is 0. The standard InChI is InChI=1S/C17H24O4/c1-12(2)17(13(3)4,10-15(18)19)11-16(20)21-14-8-6-5-7-9-14/h5-9,12-13H,10-11H2,1-4H3,(H,18,19). The van der Waals surface area contributed by atoms with E-state index in [9.17, 15) is 14.7 Å². The molecule has 0 aliphatic heterocycles. The van der Waals surface area contributed by atoms with Gasteiger partial charge in [0.15, 0.2) is 0 Å². The zero-order chi connectivity index (χ0) is 16.0. The Bertz CT molecular complexity index is 469. The molecule has 0 radical (unpaired) electrons. The Morgan fingerprint density at radius 3 is 2.00 bits per heavy atom. The molecule has 1 aromatic rings. The van der Waals surface area contributed by atoms with Crippen LogP contribution >= 0.6 is 0 Å². The van der Waals surface area contributed by atoms with Gasteiger partial charge >= 0.3 is 11.9 Å². The van der Waals surface area contributed by atoms with Crippen molar-refractivity contribution in [3.63, 3.8) is 0 Å². The van der Waals surface area contributed by atoms with Crippen LogP contribution in [0.5, 0.6) is 5.75 Å². The van der Waals surface area contributed by atoms with Crippen LogP contribution in [-0.4, -0.2) is 17.0 Å². The van der Waals surface area contributed by atoms with Gasteiger partial charge in [-0.15, -0.1) is 0 Å². The molecule has 0 aliphatic rings. The number of benzene rings is 1. The molecule has 0 atom stereocenters. The summed E-state index contributed by atoms with van der Waals surface area (Å²) in [6, 6.07) is 8.84. The van der Waals surface area contributed by atoms with Crippen LogP contribution in [0.4, 0.5) is 0 Å². The van der Waals surface area contributed by atoms with Crippen LogP contribution in [0.15, 0.2) is 30.3 Å². The smallest absolute Gasteiger partial charge is 0.311 e. The monoisotopic (exact) mass is 292 g/mol. The van der Waals surface area contributed by atoms with E-state index in [1.54, 1.807) is 24.3 Å². The molecule has 0 bridgehead atoms. The van der Waals surface area contributed by atoms with E-state index in [0.717, 1.165) is 0 Å². The lowest BCUT2D eigenvalue weighted by atomic mass is 9.64. The van der Waals surface area contributed by atoms with Crippen LogP contribution in [0, 0.1) is 17.3 Å². The predicted molar refractivity (Wildman–Crippen MR) is 81.1 cm³/mol. The second-order valence-corrected chi connectivity index (χ2v) is 6.08. The lowest BCUT2D eigenvalue weighted by Gasteiger charge is -2.39. The van der Waals surface area contributed by atoms with Gasteiger partial charge in [0, 0.05) is 0 Å². The molecule has 0 saturated carbocycles. The van der Waals surface area contributed by atoms with Gasteiger partial charge < -0.3 is 9.84 Å². The Labute approximate surface area is 126 Å². The molecule has 4 nitrogen and oxygen atoms in total. The van der Waals surface area contributed by atoms with Crippen LogP contribution in [0.2, 0.25) is 0 Å². The van der Waals surface area contributed by atoms with Gasteiger partial charge in [0.2, 0.25) is 0 Å². The van der Waals surface area contributed by atoms with Crippen molar-refractivity contribution in [2.45, 2.75) is 40.5 Å². The number of carboxylic acid groups (broad SMARTS) is 1. The maximum Gasteiger partial charge on any atom is 0.311 e. The highest BCUT2D eigenvalue weighted by Gasteiger charge is 2.41. The minimum atomic E-state index is -0.884. The van der Waals surface area contributed by atoms with E-state index >= 15 is 0 Å². The number of carboxylic acids is 1. The number of hydrogen-bond donors (Lipinski definition) is 1. The lowest BCUT2D eigenvalue weighted by Crippen LogP contribution is -2.38. The van der Waals surface area contributed by atoms with Crippen LogP contribution in [0.3, 0.4) is 0 Å². The second kappa shape index (κ2) is 7.25. The quantitative estimate of drug-likeness (QED) is 0.614. The zero-order valence-electron chi connectivity index (χ0n) is 13.1. The summed E-state index contributed by atoms with van der Waals surface area (Å²) in [7, 11) is 0. The Hall–Kier alpha value is -1.84. The number of esters is 1. The molecule has 4 heteroatoms. The van der Waals surface area contributed by atoms with E-state index in [1.807, 2.05) is 33.8 Å². The van der Waals surface area contributed by atoms with Crippen molar-refractivity contribution >= 4 is 11.9 Å². The fourth-order valence-corrected chi connectivity index (χ4v) is 2.75. The maximum atomic E-state index is 12.2. The summed E-state index contributed by atoms with van der Waals surface area (Å²) in [6.45, 7) is 7.83. The van der Waals surface area contributed by atoms with Crippen molar-refractivity contribution in [1.82, 2.24) is 0 Å². The Kier molecular flexibility index (Phi) is 5.94. The number of aliphatic carboxylic acids is 1. The third kappa shape index (κ3) is 4.59. The molecule has 0 aliphatic carbocycles. The van der Waals surface area contributed by atoms with Gasteiger partial charge in [0.1, 0.15) is 5.75 Å². The summed E-state index contributed by atoms with van der Waals surface area (Å²) in [5.74, 6) is -0.650. The van der Waals surface area contributed by atoms with Crippen LogP contribution < -0.4 is 4.74 Å². The Balaban J connectivity index is 2.90. The average molecular weight is 292 g/mol. The topological polar surface area (TPSA) is 63.6 Å². The van der Waals surface area contributed by atoms with E-state index in [0.29, 0.717) is 5.75 Å². The molecule has 21 heavy (non-hydrogen) atoms. The normalized spacial score (nSPS) is 11.7. The molecule has 1 N–H and O–H groups in total. The molecule has 0 fully saturated rings. The van der Waals surface area contributed by atoms with Crippen molar-refractivity contribution in [1.29, 1.82) is 0 Å². The van der Waals surface area contributed by atoms with Crippen LogP contribution in [0.25, 0.3) is 0 Å². The van der Waals surface area contributed by atoms with Crippen LogP contribution in [0.1, 0.15) is 40.5 Å². The van der Waals surface area contributed by atoms with E-state index in [2.05, 4.69) is 0 Å². The maximum absolute atomic E-state index is 12.2. The number of ether oxygens (including phenoxy) is 1. The van der Waals surface area contributed by atoms with Crippen molar-refractivity contribution in [2.75, 3.05) is 0 Å². The van der Waals surface area contributed by atoms with Gasteiger partial charge in [-0.05, 0) is 29.4 Å². The molecule has 0 aromatic heterocycles. The highest BCUT2D eigenvalue weighted by molar-refractivity contribution is 5.75. The highest BCUT2D eigenvalue weighted by Crippen LogP contribution is 2.43. The minimum absolute atomic E-state index is 0.0355. The lowest BCUT2D eigenvalue weighted by molar-refractivity contribution is -0.146. The SMILES string of the molecule is CC(C)C(CC(=O)O)(CC(=O)Oc1ccccc1)C(C)C. The van der Waals surface area contributed by atoms with Crippen molar-refractivity contribution in [2.24, 2.45) is 17.3 Å². The van der Waals surface area contributed by atoms with E-state index in [1.165, 1.54) is 0 Å². The van der Waals surface area contributed by atoms with Crippen molar-refractivity contribution < 1.29 is 19.4 Å². The zero-order valence-corrected chi connectivity index (χ0v) is 13.1. The van der Waals surface area contributed by atoms with Gasteiger partial charge in [0.05, 0.1) is 12.8 Å². The number of hydrogen-bond acceptors (Lipinski definition) is 3. The van der Waals surface area contributed by atoms with Crippen LogP contribution in [-0.2, 0) is 9.59 Å². The largest absolute Gasteiger partial charge is 0.481 e. The number of carbonyl (C=O) groups excluding carboxylic acids is 1. The highest BCUT2D eigenvalue weighted by atomic mass is 16.5. The van der Waals surface area contributed by atoms with Crippen molar-refractivity contribution in [3.8, 4) is 5.75 Å². The summed E-state index contributed by atoms with van der Waals surface area (Å²) in [5, 5.41) is 9.20. The summed E-state index contributed by atoms with van der Waals surface area (Å²) in [5.41, 5.74) is -0.600. The molecule has 0 saturated heterocycles. The minimum Gasteiger partial charge on any atom is -0.481 e. The van der Waals surface area contributed by atoms with Crippen molar-refractivity contribution in [3.05, 3.63) is 30.3 Å². The number of para-hydroxylation sites is 1. The summed E-state index contributed by atoms with van der Waals surface area (Å²) < 4.78 is 5.32. The Morgan fingerprint density at radius 2 is 1.57 bits per heavy atom. The first-order chi connectivity index (χ1) is 9.78. The van der Waals surface area contributed by atoms with Gasteiger partial charge in [-0.2, -0.15) is 0 Å². The molecule has 0 amide bonds. The second-order valence-electron chi connectivity index (χ2n) is 6.08. The number of carbonyl (C=O) groups is 2. The first-order valence-electron chi connectivity index (χ1n) is 7.25. The third-order valence-corrected chi connectivity index (χ3v) is 4.23. The summed E-state index contributed by atoms with van der Waals surface area (Å²) in [6.07, 6.45) is 0.0652. The number of rotatable bonds is 7. The van der Waals surface area contributed by atoms with E-state index in [-0.39, 0.29) is 30.6 Å². The summed E-state index contributed by atoms with van der Waals surface area (Å²) in [4.78, 5) is 23.4.